The van der Waals surface area contributed by atoms with Gasteiger partial charge in [0.1, 0.15) is 12.4 Å². The molecule has 1 aliphatic rings. The number of rotatable bonds is 10. The Labute approximate surface area is 197 Å². The van der Waals surface area contributed by atoms with Crippen molar-refractivity contribution in [2.75, 3.05) is 32.8 Å². The quantitative estimate of drug-likeness (QED) is 0.287. The van der Waals surface area contributed by atoms with E-state index < -0.39 is 33.1 Å². The fraction of sp³-hybridized carbons (Fsp3) is 0.318. The highest BCUT2D eigenvalue weighted by atomic mass is 32.2. The zero-order valence-electron chi connectivity index (χ0n) is 18.4. The van der Waals surface area contributed by atoms with Crippen molar-refractivity contribution in [3.8, 4) is 5.75 Å². The molecule has 6 N–H and O–H groups in total. The highest BCUT2D eigenvalue weighted by molar-refractivity contribution is 7.93. The van der Waals surface area contributed by atoms with E-state index in [1.165, 1.54) is 36.4 Å². The van der Waals surface area contributed by atoms with E-state index in [-0.39, 0.29) is 10.5 Å². The summed E-state index contributed by atoms with van der Waals surface area (Å²) < 4.78 is 31.3. The zero-order valence-corrected chi connectivity index (χ0v) is 19.2. The van der Waals surface area contributed by atoms with Gasteiger partial charge in [0.05, 0.1) is 18.0 Å². The summed E-state index contributed by atoms with van der Waals surface area (Å²) in [5.41, 5.74) is 5.97. The van der Waals surface area contributed by atoms with E-state index in [0.29, 0.717) is 18.9 Å². The van der Waals surface area contributed by atoms with Crippen molar-refractivity contribution in [1.82, 2.24) is 16.0 Å². The minimum Gasteiger partial charge on any atom is -0.492 e. The lowest BCUT2D eigenvalue weighted by molar-refractivity contribution is -0.139. The fourth-order valence-electron chi connectivity index (χ4n) is 3.10. The molecule has 1 atom stereocenters. The number of carbonyl (C=O) groups is 2. The molecule has 11 nitrogen and oxygen atoms in total. The number of hydrogen-bond donors (Lipinski definition) is 5. The second-order valence-corrected chi connectivity index (χ2v) is 9.71. The maximum atomic E-state index is 12.8. The fourth-order valence-corrected chi connectivity index (χ4v) is 4.53. The van der Waals surface area contributed by atoms with E-state index in [0.717, 1.165) is 25.5 Å². The number of nitrogens with one attached hydrogen (secondary N) is 3. The first kappa shape index (κ1) is 25.0. The van der Waals surface area contributed by atoms with Gasteiger partial charge in [-0.1, -0.05) is 18.2 Å². The largest absolute Gasteiger partial charge is 0.492 e. The Bertz CT molecular complexity index is 1140. The molecule has 0 saturated carbocycles. The number of carboxylic acids is 1. The maximum absolute atomic E-state index is 12.8. The summed E-state index contributed by atoms with van der Waals surface area (Å²) in [5.74, 6) is -1.17. The Morgan fingerprint density at radius 2 is 1.85 bits per heavy atom. The van der Waals surface area contributed by atoms with Crippen LogP contribution < -0.4 is 26.4 Å². The summed E-state index contributed by atoms with van der Waals surface area (Å²) in [5, 5.41) is 18.1. The van der Waals surface area contributed by atoms with Gasteiger partial charge in [0.25, 0.3) is 5.91 Å². The minimum absolute atomic E-state index is 0.191. The van der Waals surface area contributed by atoms with Gasteiger partial charge in [-0.25, -0.2) is 13.2 Å². The summed E-state index contributed by atoms with van der Waals surface area (Å²) in [7, 11) is -4.48. The maximum Gasteiger partial charge on any atom is 0.341 e. The first-order valence-electron chi connectivity index (χ1n) is 10.6. The lowest BCUT2D eigenvalue weighted by atomic mass is 10.2. The lowest BCUT2D eigenvalue weighted by Gasteiger charge is -2.25. The number of guanidine groups is 1. The predicted octanol–water partition coefficient (Wildman–Crippen LogP) is -0.0524. The number of hydrogen-bond acceptors (Lipinski definition) is 9. The number of benzene rings is 2. The Hall–Kier alpha value is -3.64. The molecular weight excluding hydrogens is 462 g/mol. The molecule has 12 heteroatoms. The normalized spacial score (nSPS) is 15.3. The molecule has 3 rings (SSSR count). The van der Waals surface area contributed by atoms with Gasteiger partial charge in [0.2, 0.25) is 14.7 Å². The van der Waals surface area contributed by atoms with E-state index in [1.54, 1.807) is 18.2 Å². The number of ether oxygens (including phenoxy) is 1. The van der Waals surface area contributed by atoms with E-state index >= 15 is 0 Å². The van der Waals surface area contributed by atoms with Crippen LogP contribution in [0.1, 0.15) is 16.8 Å². The Morgan fingerprint density at radius 1 is 1.15 bits per heavy atom. The van der Waals surface area contributed by atoms with Gasteiger partial charge in [0, 0.05) is 18.7 Å². The SMILES string of the molecule is N[C@](CNC(=O)c1ccc(OCCNC2=NCCCN2)cc1)(C(=O)O)S(=O)(=O)c1ccccc1. The number of nitrogens with two attached hydrogens (primary N) is 1. The van der Waals surface area contributed by atoms with Crippen molar-refractivity contribution in [3.05, 3.63) is 60.2 Å². The van der Waals surface area contributed by atoms with Gasteiger partial charge in [-0.3, -0.25) is 9.79 Å². The molecule has 0 unspecified atom stereocenters. The molecule has 0 aliphatic carbocycles. The number of carboxylic acid groups (broad SMARTS) is 1. The first-order valence-corrected chi connectivity index (χ1v) is 12.1. The summed E-state index contributed by atoms with van der Waals surface area (Å²) >= 11 is 0. The van der Waals surface area contributed by atoms with E-state index in [9.17, 15) is 23.1 Å². The highest BCUT2D eigenvalue weighted by Crippen LogP contribution is 2.22. The summed E-state index contributed by atoms with van der Waals surface area (Å²) in [6, 6.07) is 13.1. The molecule has 0 saturated heterocycles. The van der Waals surface area contributed by atoms with Crippen LogP contribution in [0.2, 0.25) is 0 Å². The van der Waals surface area contributed by atoms with E-state index in [4.69, 9.17) is 10.5 Å². The zero-order chi connectivity index (χ0) is 24.6. The third-order valence-electron chi connectivity index (χ3n) is 5.08. The van der Waals surface area contributed by atoms with Gasteiger partial charge in [0.15, 0.2) is 5.96 Å². The molecule has 0 fully saturated rings. The van der Waals surface area contributed by atoms with Gasteiger partial charge in [-0.05, 0) is 42.8 Å². The van der Waals surface area contributed by atoms with E-state index in [2.05, 4.69) is 20.9 Å². The van der Waals surface area contributed by atoms with Crippen LogP contribution >= 0.6 is 0 Å². The third kappa shape index (κ3) is 5.83. The standard InChI is InChI=1S/C22H27N5O6S/c23-22(20(29)30,34(31,32)18-5-2-1-3-6-18)15-27-19(28)16-7-9-17(10-8-16)33-14-13-26-21-24-11-4-12-25-21/h1-3,5-10H,4,11-15,23H2,(H,27,28)(H,29,30)(H2,24,25,26)/t22-/m0/s1. The van der Waals surface area contributed by atoms with Gasteiger partial charge >= 0.3 is 5.97 Å². The van der Waals surface area contributed by atoms with Crippen molar-refractivity contribution in [2.24, 2.45) is 10.7 Å². The van der Waals surface area contributed by atoms with Gasteiger partial charge in [-0.15, -0.1) is 0 Å². The molecule has 0 radical (unpaired) electrons. The molecular formula is C22H27N5O6S. The van der Waals surface area contributed by atoms with Gasteiger partial charge in [-0.2, -0.15) is 0 Å². The second kappa shape index (κ2) is 11.0. The number of sulfone groups is 1. The number of amides is 1. The summed E-state index contributed by atoms with van der Waals surface area (Å²) in [6.07, 6.45) is 1.01. The van der Waals surface area contributed by atoms with Crippen LogP contribution in [0.25, 0.3) is 0 Å². The van der Waals surface area contributed by atoms with Crippen molar-refractivity contribution >= 4 is 27.7 Å². The molecule has 0 aromatic heterocycles. The molecule has 0 spiro atoms. The number of aliphatic carboxylic acids is 1. The van der Waals surface area contributed by atoms with Crippen LogP contribution in [-0.2, 0) is 14.6 Å². The van der Waals surface area contributed by atoms with Crippen molar-refractivity contribution in [1.29, 1.82) is 0 Å². The molecule has 0 bridgehead atoms. The third-order valence-corrected chi connectivity index (χ3v) is 7.25. The Morgan fingerprint density at radius 3 is 2.47 bits per heavy atom. The molecule has 1 heterocycles. The lowest BCUT2D eigenvalue weighted by Crippen LogP contribution is -2.61. The number of aliphatic imine (C=N–C) groups is 1. The van der Waals surface area contributed by atoms with Crippen molar-refractivity contribution in [3.63, 3.8) is 0 Å². The summed E-state index contributed by atoms with van der Waals surface area (Å²) in [6.45, 7) is 1.76. The molecule has 1 aliphatic heterocycles. The monoisotopic (exact) mass is 489 g/mol. The molecule has 34 heavy (non-hydrogen) atoms. The average Bonchev–Trinajstić information content (AvgIpc) is 2.86. The summed E-state index contributed by atoms with van der Waals surface area (Å²) in [4.78, 5) is 25.6. The second-order valence-electron chi connectivity index (χ2n) is 7.50. The first-order chi connectivity index (χ1) is 16.2. The minimum atomic E-state index is -4.48. The van der Waals surface area contributed by atoms with Crippen LogP contribution in [0, 0.1) is 0 Å². The van der Waals surface area contributed by atoms with Crippen LogP contribution in [0.4, 0.5) is 0 Å². The Balaban J connectivity index is 1.56. The predicted molar refractivity (Wildman–Crippen MR) is 125 cm³/mol. The van der Waals surface area contributed by atoms with Crippen molar-refractivity contribution in [2.45, 2.75) is 16.2 Å². The number of carbonyl (C=O) groups excluding carboxylic acids is 1. The van der Waals surface area contributed by atoms with Crippen LogP contribution in [0.15, 0.2) is 64.5 Å². The van der Waals surface area contributed by atoms with Crippen LogP contribution in [0.5, 0.6) is 5.75 Å². The van der Waals surface area contributed by atoms with Crippen LogP contribution in [0.3, 0.4) is 0 Å². The number of nitrogens with zero attached hydrogens (tertiary/aromatic N) is 1. The molecule has 1 amide bonds. The molecule has 2 aromatic carbocycles. The Kier molecular flexibility index (Phi) is 8.08. The smallest absolute Gasteiger partial charge is 0.341 e. The van der Waals surface area contributed by atoms with Crippen LogP contribution in [-0.4, -0.2) is 69.0 Å². The average molecular weight is 490 g/mol. The van der Waals surface area contributed by atoms with Gasteiger partial charge < -0.3 is 31.5 Å². The molecule has 182 valence electrons. The highest BCUT2D eigenvalue weighted by Gasteiger charge is 2.48. The molecule has 2 aromatic rings. The van der Waals surface area contributed by atoms with Crippen molar-refractivity contribution < 1.29 is 27.9 Å². The topological polar surface area (TPSA) is 172 Å². The van der Waals surface area contributed by atoms with E-state index in [1.807, 2.05) is 0 Å².